The lowest BCUT2D eigenvalue weighted by molar-refractivity contribution is -0.0184. The minimum absolute atomic E-state index is 0.0660. The molecule has 0 spiro atoms. The van der Waals surface area contributed by atoms with Crippen LogP contribution < -0.4 is 0 Å². The molecule has 0 bridgehead atoms. The molecule has 0 radical (unpaired) electrons. The van der Waals surface area contributed by atoms with Gasteiger partial charge >= 0.3 is 0 Å². The molecule has 0 aromatic heterocycles. The Kier molecular flexibility index (Phi) is 2.57. The third-order valence-corrected chi connectivity index (χ3v) is 2.34. The molecule has 0 N–H and O–H groups in total. The van der Waals surface area contributed by atoms with Crippen molar-refractivity contribution in [3.8, 4) is 0 Å². The summed E-state index contributed by atoms with van der Waals surface area (Å²) in [6.45, 7) is 8.26. The average molecular weight is 172 g/mol. The average Bonchev–Trinajstić information content (AvgIpc) is 1.94. The highest BCUT2D eigenvalue weighted by Gasteiger charge is 2.32. The van der Waals surface area contributed by atoms with Crippen molar-refractivity contribution >= 4 is 0 Å². The first-order valence-corrected chi connectivity index (χ1v) is 4.48. The van der Waals surface area contributed by atoms with Crippen molar-refractivity contribution in [2.24, 2.45) is 5.92 Å². The molecule has 0 atom stereocenters. The van der Waals surface area contributed by atoms with Crippen molar-refractivity contribution < 1.29 is 9.13 Å². The van der Waals surface area contributed by atoms with Crippen LogP contribution in [-0.4, -0.2) is 12.2 Å². The van der Waals surface area contributed by atoms with E-state index in [0.29, 0.717) is 12.5 Å². The van der Waals surface area contributed by atoms with E-state index in [4.69, 9.17) is 4.74 Å². The predicted octanol–water partition coefficient (Wildman–Crippen LogP) is 3.06. The molecule has 0 fully saturated rings. The van der Waals surface area contributed by atoms with Gasteiger partial charge in [-0.15, -0.1) is 0 Å². The molecule has 1 heterocycles. The fourth-order valence-electron chi connectivity index (χ4n) is 1.52. The summed E-state index contributed by atoms with van der Waals surface area (Å²) in [5.41, 5.74) is 0.226. The largest absolute Gasteiger partial charge is 0.368 e. The van der Waals surface area contributed by atoms with Gasteiger partial charge in [-0.2, -0.15) is 0 Å². The van der Waals surface area contributed by atoms with Gasteiger partial charge in [0.15, 0.2) is 0 Å². The Balaban J connectivity index is 2.96. The number of hydrogen-bond acceptors (Lipinski definition) is 1. The second-order valence-electron chi connectivity index (χ2n) is 4.10. The summed E-state index contributed by atoms with van der Waals surface area (Å²) in [4.78, 5) is 0. The Bertz CT molecular complexity index is 204. The lowest BCUT2D eigenvalue weighted by Gasteiger charge is -2.31. The zero-order valence-electron chi connectivity index (χ0n) is 8.28. The second-order valence-corrected chi connectivity index (χ2v) is 4.10. The van der Waals surface area contributed by atoms with Gasteiger partial charge < -0.3 is 4.74 Å². The van der Waals surface area contributed by atoms with Crippen LogP contribution in [0.15, 0.2) is 11.4 Å². The van der Waals surface area contributed by atoms with Gasteiger partial charge in [0.25, 0.3) is 0 Å². The minimum atomic E-state index is -0.697. The van der Waals surface area contributed by atoms with Crippen molar-refractivity contribution in [3.63, 3.8) is 0 Å². The van der Waals surface area contributed by atoms with E-state index < -0.39 is 5.60 Å². The summed E-state index contributed by atoms with van der Waals surface area (Å²) in [6, 6.07) is 0. The first-order valence-electron chi connectivity index (χ1n) is 4.48. The molecule has 1 aliphatic rings. The summed E-state index contributed by atoms with van der Waals surface area (Å²) >= 11 is 0. The minimum Gasteiger partial charge on any atom is -0.368 e. The smallest absolute Gasteiger partial charge is 0.131 e. The third kappa shape index (κ3) is 1.69. The lowest BCUT2D eigenvalue weighted by Crippen LogP contribution is -2.32. The van der Waals surface area contributed by atoms with E-state index in [-0.39, 0.29) is 5.83 Å². The van der Waals surface area contributed by atoms with Crippen LogP contribution in [0.25, 0.3) is 0 Å². The van der Waals surface area contributed by atoms with Crippen LogP contribution >= 0.6 is 0 Å². The van der Waals surface area contributed by atoms with Gasteiger partial charge in [-0.1, -0.05) is 13.8 Å². The Morgan fingerprint density at radius 1 is 1.42 bits per heavy atom. The summed E-state index contributed by atoms with van der Waals surface area (Å²) in [5, 5.41) is 0. The Hall–Kier alpha value is -0.370. The van der Waals surface area contributed by atoms with Gasteiger partial charge in [-0.05, 0) is 31.8 Å². The molecular formula is C10H17FO. The molecule has 70 valence electrons. The predicted molar refractivity (Wildman–Crippen MR) is 47.6 cm³/mol. The molecule has 0 amide bonds. The first-order chi connectivity index (χ1) is 5.45. The summed E-state index contributed by atoms with van der Waals surface area (Å²) in [6.07, 6.45) is 0.743. The molecule has 0 saturated carbocycles. The summed E-state index contributed by atoms with van der Waals surface area (Å²) in [7, 11) is 0. The van der Waals surface area contributed by atoms with E-state index in [1.54, 1.807) is 13.8 Å². The molecule has 0 aromatic carbocycles. The topological polar surface area (TPSA) is 9.23 Å². The van der Waals surface area contributed by atoms with Crippen LogP contribution in [0.2, 0.25) is 0 Å². The van der Waals surface area contributed by atoms with Crippen LogP contribution in [0.5, 0.6) is 0 Å². The van der Waals surface area contributed by atoms with Crippen LogP contribution in [0.3, 0.4) is 0 Å². The summed E-state index contributed by atoms with van der Waals surface area (Å²) < 4.78 is 19.0. The maximum atomic E-state index is 13.6. The van der Waals surface area contributed by atoms with Crippen LogP contribution in [0.1, 0.15) is 34.1 Å². The van der Waals surface area contributed by atoms with Crippen LogP contribution in [-0.2, 0) is 4.74 Å². The number of rotatable bonds is 1. The quantitative estimate of drug-likeness (QED) is 0.590. The maximum Gasteiger partial charge on any atom is 0.131 e. The first kappa shape index (κ1) is 9.72. The summed E-state index contributed by atoms with van der Waals surface area (Å²) in [5.74, 6) is 0.233. The van der Waals surface area contributed by atoms with Crippen molar-refractivity contribution in [3.05, 3.63) is 11.4 Å². The molecule has 2 heteroatoms. The number of halogens is 1. The van der Waals surface area contributed by atoms with Crippen molar-refractivity contribution in [2.45, 2.75) is 39.7 Å². The monoisotopic (exact) mass is 172 g/mol. The van der Waals surface area contributed by atoms with Gasteiger partial charge in [0.2, 0.25) is 0 Å². The van der Waals surface area contributed by atoms with Crippen molar-refractivity contribution in [1.82, 2.24) is 0 Å². The van der Waals surface area contributed by atoms with E-state index in [1.807, 2.05) is 13.8 Å². The SMILES string of the molecule is CC(C)C1=C(F)C(C)(C)OCC1. The highest BCUT2D eigenvalue weighted by Crippen LogP contribution is 2.34. The molecule has 1 nitrogen and oxygen atoms in total. The fraction of sp³-hybridized carbons (Fsp3) is 0.800. The van der Waals surface area contributed by atoms with Gasteiger partial charge in [-0.25, -0.2) is 4.39 Å². The highest BCUT2D eigenvalue weighted by atomic mass is 19.1. The molecular weight excluding hydrogens is 155 g/mol. The van der Waals surface area contributed by atoms with Gasteiger partial charge in [0.05, 0.1) is 6.61 Å². The highest BCUT2D eigenvalue weighted by molar-refractivity contribution is 5.20. The maximum absolute atomic E-state index is 13.6. The zero-order chi connectivity index (χ0) is 9.35. The number of ether oxygens (including phenoxy) is 1. The Morgan fingerprint density at radius 2 is 2.00 bits per heavy atom. The molecule has 1 rings (SSSR count). The third-order valence-electron chi connectivity index (χ3n) is 2.34. The standard InChI is InChI=1S/C10H17FO/c1-7(2)8-5-6-12-10(3,4)9(8)11/h7H,5-6H2,1-4H3. The zero-order valence-corrected chi connectivity index (χ0v) is 8.28. The second kappa shape index (κ2) is 3.17. The molecule has 0 aromatic rings. The van der Waals surface area contributed by atoms with Gasteiger partial charge in [0.1, 0.15) is 11.4 Å². The number of hydrogen-bond donors (Lipinski definition) is 0. The Morgan fingerprint density at radius 3 is 2.42 bits per heavy atom. The molecule has 12 heavy (non-hydrogen) atoms. The van der Waals surface area contributed by atoms with E-state index in [1.165, 1.54) is 0 Å². The van der Waals surface area contributed by atoms with Crippen LogP contribution in [0.4, 0.5) is 4.39 Å². The van der Waals surface area contributed by atoms with E-state index in [9.17, 15) is 4.39 Å². The molecule has 0 saturated heterocycles. The van der Waals surface area contributed by atoms with E-state index in [0.717, 1.165) is 12.0 Å². The van der Waals surface area contributed by atoms with E-state index >= 15 is 0 Å². The van der Waals surface area contributed by atoms with Crippen molar-refractivity contribution in [2.75, 3.05) is 6.61 Å². The molecule has 0 aliphatic carbocycles. The molecule has 1 aliphatic heterocycles. The van der Waals surface area contributed by atoms with Gasteiger partial charge in [-0.3, -0.25) is 0 Å². The fourth-order valence-corrected chi connectivity index (χ4v) is 1.52. The molecule has 0 unspecified atom stereocenters. The van der Waals surface area contributed by atoms with E-state index in [2.05, 4.69) is 0 Å². The lowest BCUT2D eigenvalue weighted by atomic mass is 9.91. The normalized spacial score (nSPS) is 23.5. The van der Waals surface area contributed by atoms with Crippen molar-refractivity contribution in [1.29, 1.82) is 0 Å². The van der Waals surface area contributed by atoms with Crippen LogP contribution in [0, 0.1) is 5.92 Å². The Labute approximate surface area is 73.6 Å². The van der Waals surface area contributed by atoms with Gasteiger partial charge in [0, 0.05) is 0 Å².